The van der Waals surface area contributed by atoms with Crippen LogP contribution in [0.2, 0.25) is 0 Å². The highest BCUT2D eigenvalue weighted by Gasteiger charge is 2.17. The summed E-state index contributed by atoms with van der Waals surface area (Å²) in [7, 11) is -2.71. The number of nitrogens with zero attached hydrogens (tertiary/aromatic N) is 3. The molecule has 2 N–H and O–H groups in total. The molecule has 0 saturated carbocycles. The molecule has 0 aliphatic carbocycles. The molecule has 0 amide bonds. The Labute approximate surface area is 140 Å². The van der Waals surface area contributed by atoms with Gasteiger partial charge >= 0.3 is 0 Å². The number of benzene rings is 1. The number of pyridine rings is 1. The predicted molar refractivity (Wildman–Crippen MR) is 89.1 cm³/mol. The molecule has 2 aromatic heterocycles. The van der Waals surface area contributed by atoms with Crippen LogP contribution in [0, 0.1) is 0 Å². The second kappa shape index (κ2) is 5.84. The number of halogens is 1. The zero-order valence-electron chi connectivity index (χ0n) is 11.9. The van der Waals surface area contributed by atoms with Gasteiger partial charge in [0.1, 0.15) is 17.5 Å². The minimum absolute atomic E-state index is 0.0182. The number of hydrogen-bond acceptors (Lipinski definition) is 7. The Hall–Kier alpha value is -2.10. The second-order valence-electron chi connectivity index (χ2n) is 4.61. The molecule has 0 fully saturated rings. The number of nitrogen functional groups attached to an aromatic ring is 1. The van der Waals surface area contributed by atoms with Crippen molar-refractivity contribution in [3.8, 4) is 11.3 Å². The molecule has 3 rings (SSSR count). The van der Waals surface area contributed by atoms with E-state index in [1.165, 1.54) is 18.5 Å². The summed E-state index contributed by atoms with van der Waals surface area (Å²) in [6.45, 7) is 0. The van der Waals surface area contributed by atoms with Gasteiger partial charge in [-0.25, -0.2) is 9.97 Å². The topological polar surface area (TPSA) is 108 Å². The van der Waals surface area contributed by atoms with Gasteiger partial charge in [0, 0.05) is 21.9 Å². The van der Waals surface area contributed by atoms with Gasteiger partial charge in [-0.05, 0) is 40.2 Å². The molecule has 9 heteroatoms. The van der Waals surface area contributed by atoms with Gasteiger partial charge in [-0.15, -0.1) is 0 Å². The molecular weight excluding hydrogens is 384 g/mol. The van der Waals surface area contributed by atoms with Crippen LogP contribution in [0.5, 0.6) is 0 Å². The Bertz CT molecular complexity index is 1010. The molecule has 2 heterocycles. The first-order valence-electron chi connectivity index (χ1n) is 6.39. The van der Waals surface area contributed by atoms with E-state index in [9.17, 15) is 8.42 Å². The average Bonchev–Trinajstić information content (AvgIpc) is 2.54. The Kier molecular flexibility index (Phi) is 4.00. The van der Waals surface area contributed by atoms with Gasteiger partial charge in [0.25, 0.3) is 10.1 Å². The molecule has 23 heavy (non-hydrogen) atoms. The van der Waals surface area contributed by atoms with Crippen LogP contribution in [-0.4, -0.2) is 30.5 Å². The molecule has 0 bridgehead atoms. The van der Waals surface area contributed by atoms with Crippen LogP contribution < -0.4 is 5.73 Å². The van der Waals surface area contributed by atoms with Crippen molar-refractivity contribution < 1.29 is 12.6 Å². The minimum Gasteiger partial charge on any atom is -0.398 e. The smallest absolute Gasteiger partial charge is 0.296 e. The van der Waals surface area contributed by atoms with Gasteiger partial charge in [-0.2, -0.15) is 8.42 Å². The number of fused-ring (bicyclic) bond motifs is 1. The predicted octanol–water partition coefficient (Wildman–Crippen LogP) is 2.37. The maximum absolute atomic E-state index is 11.7. The van der Waals surface area contributed by atoms with E-state index in [-0.39, 0.29) is 10.6 Å². The van der Waals surface area contributed by atoms with Crippen molar-refractivity contribution >= 4 is 42.8 Å². The van der Waals surface area contributed by atoms with E-state index in [2.05, 4.69) is 35.1 Å². The molecule has 0 radical (unpaired) electrons. The molecule has 7 nitrogen and oxygen atoms in total. The van der Waals surface area contributed by atoms with E-state index in [0.717, 1.165) is 11.6 Å². The Morgan fingerprint density at radius 2 is 1.96 bits per heavy atom. The fraction of sp³-hybridized carbons (Fsp3) is 0.0714. The van der Waals surface area contributed by atoms with Crippen molar-refractivity contribution in [1.29, 1.82) is 0 Å². The van der Waals surface area contributed by atoms with E-state index in [1.807, 2.05) is 6.07 Å². The summed E-state index contributed by atoms with van der Waals surface area (Å²) in [5.41, 5.74) is 8.59. The molecule has 0 aliphatic heterocycles. The first-order chi connectivity index (χ1) is 10.9. The number of rotatable bonds is 3. The third-order valence-electron chi connectivity index (χ3n) is 3.23. The lowest BCUT2D eigenvalue weighted by Crippen LogP contribution is -2.04. The highest BCUT2D eigenvalue weighted by Crippen LogP contribution is 2.31. The van der Waals surface area contributed by atoms with Crippen molar-refractivity contribution in [1.82, 2.24) is 15.0 Å². The van der Waals surface area contributed by atoms with Crippen LogP contribution >= 0.6 is 15.9 Å². The monoisotopic (exact) mass is 394 g/mol. The lowest BCUT2D eigenvalue weighted by Gasteiger charge is -2.09. The molecule has 0 aliphatic rings. The van der Waals surface area contributed by atoms with Crippen molar-refractivity contribution in [2.75, 3.05) is 12.8 Å². The summed E-state index contributed by atoms with van der Waals surface area (Å²) in [5.74, 6) is 0. The van der Waals surface area contributed by atoms with Crippen molar-refractivity contribution in [3.05, 3.63) is 41.3 Å². The van der Waals surface area contributed by atoms with Crippen LogP contribution in [0.25, 0.3) is 22.3 Å². The summed E-state index contributed by atoms with van der Waals surface area (Å²) in [6.07, 6.45) is 3.04. The normalized spacial score (nSPS) is 11.7. The molecule has 1 aromatic carbocycles. The molecule has 118 valence electrons. The lowest BCUT2D eigenvalue weighted by atomic mass is 10.1. The highest BCUT2D eigenvalue weighted by atomic mass is 79.9. The fourth-order valence-electron chi connectivity index (χ4n) is 2.12. The maximum atomic E-state index is 11.7. The molecule has 3 aromatic rings. The summed E-state index contributed by atoms with van der Waals surface area (Å²) in [6, 6.07) is 6.14. The number of hydrogen-bond donors (Lipinski definition) is 1. The Morgan fingerprint density at radius 3 is 2.65 bits per heavy atom. The third-order valence-corrected chi connectivity index (χ3v) is 4.93. The first-order valence-corrected chi connectivity index (χ1v) is 8.59. The molecule has 0 saturated heterocycles. The van der Waals surface area contributed by atoms with Gasteiger partial charge in [0.2, 0.25) is 0 Å². The van der Waals surface area contributed by atoms with E-state index in [1.54, 1.807) is 12.3 Å². The number of nitrogens with two attached hydrogens (primary N) is 1. The van der Waals surface area contributed by atoms with E-state index in [4.69, 9.17) is 5.73 Å². The maximum Gasteiger partial charge on any atom is 0.296 e. The van der Waals surface area contributed by atoms with Crippen LogP contribution in [0.1, 0.15) is 0 Å². The zero-order chi connectivity index (χ0) is 16.6. The summed E-state index contributed by atoms with van der Waals surface area (Å²) in [4.78, 5) is 12.7. The van der Waals surface area contributed by atoms with Crippen molar-refractivity contribution in [3.63, 3.8) is 0 Å². The number of anilines is 1. The van der Waals surface area contributed by atoms with Gasteiger partial charge in [0.15, 0.2) is 0 Å². The quantitative estimate of drug-likeness (QED) is 0.536. The fourth-order valence-corrected chi connectivity index (χ4v) is 3.14. The zero-order valence-corrected chi connectivity index (χ0v) is 14.3. The Morgan fingerprint density at radius 1 is 1.17 bits per heavy atom. The van der Waals surface area contributed by atoms with Crippen LogP contribution in [-0.2, 0) is 14.3 Å². The largest absolute Gasteiger partial charge is 0.398 e. The van der Waals surface area contributed by atoms with Gasteiger partial charge < -0.3 is 5.73 Å². The third kappa shape index (κ3) is 2.90. The number of aromatic nitrogens is 3. The van der Waals surface area contributed by atoms with Gasteiger partial charge in [-0.1, -0.05) is 0 Å². The average molecular weight is 395 g/mol. The SMILES string of the molecule is COS(=O)(=O)c1ccc(-c2ncnc3cc(Br)cnc23)c(N)c1. The van der Waals surface area contributed by atoms with E-state index >= 15 is 0 Å². The minimum atomic E-state index is -3.80. The summed E-state index contributed by atoms with van der Waals surface area (Å²) >= 11 is 3.34. The second-order valence-corrected chi connectivity index (χ2v) is 7.24. The van der Waals surface area contributed by atoms with E-state index < -0.39 is 10.1 Å². The van der Waals surface area contributed by atoms with Gasteiger partial charge in [-0.3, -0.25) is 9.17 Å². The van der Waals surface area contributed by atoms with Crippen LogP contribution in [0.15, 0.2) is 46.2 Å². The molecule has 0 atom stereocenters. The van der Waals surface area contributed by atoms with Gasteiger partial charge in [0.05, 0.1) is 17.5 Å². The van der Waals surface area contributed by atoms with Crippen molar-refractivity contribution in [2.24, 2.45) is 0 Å². The highest BCUT2D eigenvalue weighted by molar-refractivity contribution is 9.10. The van der Waals surface area contributed by atoms with Crippen molar-refractivity contribution in [2.45, 2.75) is 4.90 Å². The van der Waals surface area contributed by atoms with E-state index in [0.29, 0.717) is 22.3 Å². The van der Waals surface area contributed by atoms with Crippen LogP contribution in [0.4, 0.5) is 5.69 Å². The molecular formula is C14H11BrN4O3S. The first kappa shape index (κ1) is 15.8. The van der Waals surface area contributed by atoms with Crippen LogP contribution in [0.3, 0.4) is 0 Å². The summed E-state index contributed by atoms with van der Waals surface area (Å²) in [5, 5.41) is 0. The summed E-state index contributed by atoms with van der Waals surface area (Å²) < 4.78 is 28.7. The lowest BCUT2D eigenvalue weighted by molar-refractivity contribution is 0.398. The molecule has 0 unspecified atom stereocenters. The standard InChI is InChI=1S/C14H11BrN4O3S/c1-22-23(20,21)9-2-3-10(11(16)5-9)13-14-12(18-7-19-13)4-8(15)6-17-14/h2-7H,16H2,1H3. The molecule has 0 spiro atoms. The Balaban J connectivity index is 2.20.